The minimum Gasteiger partial charge on any atom is -0.277 e. The van der Waals surface area contributed by atoms with Gasteiger partial charge in [-0.05, 0) is 31.9 Å². The van der Waals surface area contributed by atoms with Gasteiger partial charge in [0.15, 0.2) is 0 Å². The Bertz CT molecular complexity index is 358. The van der Waals surface area contributed by atoms with Gasteiger partial charge in [0, 0.05) is 0 Å². The van der Waals surface area contributed by atoms with Gasteiger partial charge in [-0.2, -0.15) is 0 Å². The van der Waals surface area contributed by atoms with E-state index >= 15 is 0 Å². The summed E-state index contributed by atoms with van der Waals surface area (Å²) in [7, 11) is 1.44. The quantitative estimate of drug-likeness (QED) is 0.769. The largest absolute Gasteiger partial charge is 0.277 e. The first kappa shape index (κ1) is 11.7. The summed E-state index contributed by atoms with van der Waals surface area (Å²) in [5.41, 5.74) is 3.91. The first-order valence-corrected chi connectivity index (χ1v) is 4.89. The van der Waals surface area contributed by atoms with Crippen LogP contribution in [0.5, 0.6) is 0 Å². The molecule has 1 rings (SSSR count). The van der Waals surface area contributed by atoms with Crippen LogP contribution in [0.4, 0.5) is 0 Å². The second-order valence-electron chi connectivity index (χ2n) is 4.08. The molecule has 1 N–H and O–H groups in total. The number of carbonyl (C=O) groups is 1. The molecule has 0 saturated carbocycles. The Kier molecular flexibility index (Phi) is 3.48. The van der Waals surface area contributed by atoms with E-state index in [0.717, 1.165) is 11.1 Å². The third-order valence-electron chi connectivity index (χ3n) is 2.58. The molecule has 0 aliphatic carbocycles. The van der Waals surface area contributed by atoms with Crippen LogP contribution in [0.15, 0.2) is 24.3 Å². The highest BCUT2D eigenvalue weighted by Crippen LogP contribution is 2.26. The zero-order chi connectivity index (χ0) is 11.5. The fourth-order valence-electron chi connectivity index (χ4n) is 1.62. The van der Waals surface area contributed by atoms with Crippen LogP contribution in [0.1, 0.15) is 25.0 Å². The van der Waals surface area contributed by atoms with Gasteiger partial charge in [-0.3, -0.25) is 9.63 Å². The predicted octanol–water partition coefficient (Wildman–Crippen LogP) is 1.95. The van der Waals surface area contributed by atoms with Crippen molar-refractivity contribution in [3.05, 3.63) is 35.4 Å². The van der Waals surface area contributed by atoms with E-state index in [1.54, 1.807) is 0 Å². The first-order chi connectivity index (χ1) is 7.00. The van der Waals surface area contributed by atoms with E-state index in [1.165, 1.54) is 7.11 Å². The number of nitrogens with one attached hydrogen (secondary N) is 1. The molecule has 0 unspecified atom stereocenters. The van der Waals surface area contributed by atoms with Crippen LogP contribution in [0, 0.1) is 6.92 Å². The molecule has 3 heteroatoms. The highest BCUT2D eigenvalue weighted by Gasteiger charge is 2.30. The third kappa shape index (κ3) is 2.36. The van der Waals surface area contributed by atoms with Gasteiger partial charge in [0.25, 0.3) is 5.91 Å². The maximum Gasteiger partial charge on any atom is 0.253 e. The fraction of sp³-hybridized carbons (Fsp3) is 0.417. The molecule has 0 spiro atoms. The third-order valence-corrected chi connectivity index (χ3v) is 2.58. The highest BCUT2D eigenvalue weighted by atomic mass is 16.6. The van der Waals surface area contributed by atoms with Gasteiger partial charge in [0.05, 0.1) is 12.5 Å². The topological polar surface area (TPSA) is 38.3 Å². The molecule has 0 radical (unpaired) electrons. The van der Waals surface area contributed by atoms with Crippen LogP contribution >= 0.6 is 0 Å². The molecule has 0 saturated heterocycles. The Hall–Kier alpha value is -1.35. The van der Waals surface area contributed by atoms with Crippen molar-refractivity contribution in [1.29, 1.82) is 0 Å². The summed E-state index contributed by atoms with van der Waals surface area (Å²) in [6.45, 7) is 5.75. The number of hydrogen-bond acceptors (Lipinski definition) is 2. The number of hydroxylamine groups is 1. The van der Waals surface area contributed by atoms with Crippen LogP contribution in [-0.2, 0) is 15.0 Å². The summed E-state index contributed by atoms with van der Waals surface area (Å²) < 4.78 is 0. The Labute approximate surface area is 90.4 Å². The van der Waals surface area contributed by atoms with E-state index in [4.69, 9.17) is 0 Å². The highest BCUT2D eigenvalue weighted by molar-refractivity contribution is 5.86. The predicted molar refractivity (Wildman–Crippen MR) is 59.4 cm³/mol. The molecule has 0 bridgehead atoms. The van der Waals surface area contributed by atoms with E-state index < -0.39 is 5.41 Å². The van der Waals surface area contributed by atoms with Crippen molar-refractivity contribution in [2.45, 2.75) is 26.2 Å². The van der Waals surface area contributed by atoms with Crippen molar-refractivity contribution in [3.8, 4) is 0 Å². The van der Waals surface area contributed by atoms with Gasteiger partial charge in [-0.25, -0.2) is 5.48 Å². The van der Waals surface area contributed by atoms with E-state index in [0.29, 0.717) is 0 Å². The molecule has 0 aromatic heterocycles. The second-order valence-corrected chi connectivity index (χ2v) is 4.08. The zero-order valence-electron chi connectivity index (χ0n) is 9.63. The lowest BCUT2D eigenvalue weighted by molar-refractivity contribution is -0.136. The number of aryl methyl sites for hydroxylation is 1. The Morgan fingerprint density at radius 2 is 1.93 bits per heavy atom. The van der Waals surface area contributed by atoms with E-state index in [9.17, 15) is 4.79 Å². The van der Waals surface area contributed by atoms with Gasteiger partial charge >= 0.3 is 0 Å². The van der Waals surface area contributed by atoms with Gasteiger partial charge in [0.1, 0.15) is 0 Å². The number of rotatable bonds is 3. The van der Waals surface area contributed by atoms with Crippen molar-refractivity contribution >= 4 is 5.91 Å². The van der Waals surface area contributed by atoms with E-state index in [1.807, 2.05) is 45.0 Å². The lowest BCUT2D eigenvalue weighted by atomic mass is 9.81. The molecular formula is C12H17NO2. The standard InChI is InChI=1S/C12H17NO2/c1-9-7-5-6-8-10(9)12(2,3)11(14)13-15-4/h5-8H,1-4H3,(H,13,14). The summed E-state index contributed by atoms with van der Waals surface area (Å²) in [5.74, 6) is -0.140. The van der Waals surface area contributed by atoms with Gasteiger partial charge in [-0.1, -0.05) is 24.3 Å². The number of carbonyl (C=O) groups excluding carboxylic acids is 1. The Morgan fingerprint density at radius 1 is 1.33 bits per heavy atom. The molecular weight excluding hydrogens is 190 g/mol. The average Bonchev–Trinajstić information content (AvgIpc) is 2.18. The van der Waals surface area contributed by atoms with Crippen molar-refractivity contribution < 1.29 is 9.63 Å². The van der Waals surface area contributed by atoms with E-state index in [2.05, 4.69) is 10.3 Å². The summed E-state index contributed by atoms with van der Waals surface area (Å²) >= 11 is 0. The fourth-order valence-corrected chi connectivity index (χ4v) is 1.62. The smallest absolute Gasteiger partial charge is 0.253 e. The molecule has 82 valence electrons. The average molecular weight is 207 g/mol. The molecule has 0 aliphatic rings. The number of amides is 1. The minimum absolute atomic E-state index is 0.140. The van der Waals surface area contributed by atoms with Crippen LogP contribution in [0.25, 0.3) is 0 Å². The summed E-state index contributed by atoms with van der Waals surface area (Å²) in [4.78, 5) is 16.4. The van der Waals surface area contributed by atoms with Crippen LogP contribution in [0.3, 0.4) is 0 Å². The number of benzene rings is 1. The summed E-state index contributed by atoms with van der Waals surface area (Å²) in [6, 6.07) is 7.86. The summed E-state index contributed by atoms with van der Waals surface area (Å²) in [5, 5.41) is 0. The Balaban J connectivity index is 3.05. The lowest BCUT2D eigenvalue weighted by Crippen LogP contribution is -2.39. The maximum absolute atomic E-state index is 11.8. The second kappa shape index (κ2) is 4.45. The monoisotopic (exact) mass is 207 g/mol. The van der Waals surface area contributed by atoms with Crippen LogP contribution < -0.4 is 5.48 Å². The SMILES string of the molecule is CONC(=O)C(C)(C)c1ccccc1C. The van der Waals surface area contributed by atoms with Crippen molar-refractivity contribution in [2.24, 2.45) is 0 Å². The maximum atomic E-state index is 11.8. The van der Waals surface area contributed by atoms with Crippen molar-refractivity contribution in [3.63, 3.8) is 0 Å². The first-order valence-electron chi connectivity index (χ1n) is 4.89. The molecule has 1 aromatic rings. The van der Waals surface area contributed by atoms with Crippen LogP contribution in [0.2, 0.25) is 0 Å². The van der Waals surface area contributed by atoms with Gasteiger partial charge < -0.3 is 0 Å². The van der Waals surface area contributed by atoms with Gasteiger partial charge in [0.2, 0.25) is 0 Å². The number of hydrogen-bond donors (Lipinski definition) is 1. The summed E-state index contributed by atoms with van der Waals surface area (Å²) in [6.07, 6.45) is 0. The molecule has 0 heterocycles. The zero-order valence-corrected chi connectivity index (χ0v) is 9.63. The Morgan fingerprint density at radius 3 is 2.47 bits per heavy atom. The van der Waals surface area contributed by atoms with Gasteiger partial charge in [-0.15, -0.1) is 0 Å². The molecule has 1 amide bonds. The van der Waals surface area contributed by atoms with E-state index in [-0.39, 0.29) is 5.91 Å². The molecule has 3 nitrogen and oxygen atoms in total. The van der Waals surface area contributed by atoms with Crippen molar-refractivity contribution in [1.82, 2.24) is 5.48 Å². The van der Waals surface area contributed by atoms with Crippen LogP contribution in [-0.4, -0.2) is 13.0 Å². The normalized spacial score (nSPS) is 11.2. The minimum atomic E-state index is -0.582. The molecule has 0 atom stereocenters. The molecule has 15 heavy (non-hydrogen) atoms. The molecule has 1 aromatic carbocycles. The molecule has 0 fully saturated rings. The molecule has 0 aliphatic heterocycles. The lowest BCUT2D eigenvalue weighted by Gasteiger charge is -2.25. The van der Waals surface area contributed by atoms with Crippen molar-refractivity contribution in [2.75, 3.05) is 7.11 Å².